The lowest BCUT2D eigenvalue weighted by molar-refractivity contribution is 0.0691. The van der Waals surface area contributed by atoms with E-state index in [2.05, 4.69) is 22.2 Å². The van der Waals surface area contributed by atoms with Gasteiger partial charge in [-0.2, -0.15) is 0 Å². The van der Waals surface area contributed by atoms with Gasteiger partial charge in [-0.1, -0.05) is 24.3 Å². The summed E-state index contributed by atoms with van der Waals surface area (Å²) in [4.78, 5) is 17.7. The summed E-state index contributed by atoms with van der Waals surface area (Å²) in [7, 11) is 2.08. The normalized spacial score (nSPS) is 19.4. The number of aromatic nitrogens is 1. The number of anilines is 1. The number of carboxylic acids is 1. The summed E-state index contributed by atoms with van der Waals surface area (Å²) in [5, 5.41) is 14.4. The maximum atomic E-state index is 11.2. The van der Waals surface area contributed by atoms with Crippen LogP contribution in [0, 0.1) is 0 Å². The van der Waals surface area contributed by atoms with Crippen molar-refractivity contribution in [2.75, 3.05) is 25.5 Å². The molecule has 0 spiro atoms. The van der Waals surface area contributed by atoms with Crippen LogP contribution in [0.1, 0.15) is 16.9 Å². The van der Waals surface area contributed by atoms with Crippen molar-refractivity contribution < 1.29 is 9.90 Å². The van der Waals surface area contributed by atoms with E-state index in [4.69, 9.17) is 0 Å². The van der Waals surface area contributed by atoms with Crippen molar-refractivity contribution >= 4 is 22.6 Å². The SMILES string of the molecule is CN1CCC(Nc2nc(C(=O)O)cc3ccccc23)C1. The van der Waals surface area contributed by atoms with Crippen molar-refractivity contribution in [1.29, 1.82) is 0 Å². The molecule has 20 heavy (non-hydrogen) atoms. The molecule has 1 atom stereocenters. The standard InChI is InChI=1S/C15H17N3O2/c1-18-7-6-11(9-18)16-14-12-5-3-2-4-10(12)8-13(17-14)15(19)20/h2-5,8,11H,6-7,9H2,1H3,(H,16,17)(H,19,20). The van der Waals surface area contributed by atoms with Gasteiger partial charge < -0.3 is 15.3 Å². The lowest BCUT2D eigenvalue weighted by atomic mass is 10.1. The fourth-order valence-corrected chi connectivity index (χ4v) is 2.66. The summed E-state index contributed by atoms with van der Waals surface area (Å²) < 4.78 is 0. The largest absolute Gasteiger partial charge is 0.477 e. The molecule has 104 valence electrons. The van der Waals surface area contributed by atoms with Crippen LogP contribution in [-0.2, 0) is 0 Å². The van der Waals surface area contributed by atoms with Gasteiger partial charge in [0.1, 0.15) is 5.82 Å². The van der Waals surface area contributed by atoms with Crippen LogP contribution < -0.4 is 5.32 Å². The van der Waals surface area contributed by atoms with Gasteiger partial charge >= 0.3 is 5.97 Å². The first kappa shape index (κ1) is 12.9. The molecule has 1 fully saturated rings. The van der Waals surface area contributed by atoms with E-state index in [9.17, 15) is 9.90 Å². The highest BCUT2D eigenvalue weighted by atomic mass is 16.4. The van der Waals surface area contributed by atoms with E-state index in [1.165, 1.54) is 0 Å². The van der Waals surface area contributed by atoms with Crippen LogP contribution in [0.3, 0.4) is 0 Å². The maximum absolute atomic E-state index is 11.2. The van der Waals surface area contributed by atoms with Crippen LogP contribution >= 0.6 is 0 Å². The van der Waals surface area contributed by atoms with Crippen molar-refractivity contribution in [3.63, 3.8) is 0 Å². The molecule has 2 heterocycles. The highest BCUT2D eigenvalue weighted by Crippen LogP contribution is 2.24. The summed E-state index contributed by atoms with van der Waals surface area (Å²) in [6.07, 6.45) is 1.05. The van der Waals surface area contributed by atoms with Crippen LogP contribution in [0.4, 0.5) is 5.82 Å². The molecular formula is C15H17N3O2. The predicted molar refractivity (Wildman–Crippen MR) is 78.2 cm³/mol. The number of benzene rings is 1. The highest BCUT2D eigenvalue weighted by Gasteiger charge is 2.21. The number of likely N-dealkylation sites (tertiary alicyclic amines) is 1. The Hall–Kier alpha value is -2.14. The molecule has 1 unspecified atom stereocenters. The number of rotatable bonds is 3. The smallest absolute Gasteiger partial charge is 0.354 e. The van der Waals surface area contributed by atoms with Crippen LogP contribution in [0.2, 0.25) is 0 Å². The van der Waals surface area contributed by atoms with Gasteiger partial charge in [-0.15, -0.1) is 0 Å². The van der Waals surface area contributed by atoms with E-state index in [1.807, 2.05) is 24.3 Å². The molecule has 1 aromatic carbocycles. The van der Waals surface area contributed by atoms with E-state index < -0.39 is 5.97 Å². The second-order valence-corrected chi connectivity index (χ2v) is 5.27. The van der Waals surface area contributed by atoms with Crippen molar-refractivity contribution in [3.05, 3.63) is 36.0 Å². The van der Waals surface area contributed by atoms with Gasteiger partial charge in [-0.05, 0) is 31.5 Å². The Bertz CT molecular complexity index is 657. The number of aromatic carboxylic acids is 1. The summed E-state index contributed by atoms with van der Waals surface area (Å²) in [5.41, 5.74) is 0.0811. The van der Waals surface area contributed by atoms with Gasteiger partial charge in [-0.25, -0.2) is 9.78 Å². The van der Waals surface area contributed by atoms with E-state index in [1.54, 1.807) is 6.07 Å². The quantitative estimate of drug-likeness (QED) is 0.894. The molecule has 5 heteroatoms. The zero-order valence-corrected chi connectivity index (χ0v) is 11.3. The zero-order chi connectivity index (χ0) is 14.1. The summed E-state index contributed by atoms with van der Waals surface area (Å²) in [5.74, 6) is -0.330. The Morgan fingerprint density at radius 2 is 2.25 bits per heavy atom. The molecule has 1 aliphatic rings. The minimum Gasteiger partial charge on any atom is -0.477 e. The van der Waals surface area contributed by atoms with Crippen LogP contribution in [0.5, 0.6) is 0 Å². The molecule has 0 aliphatic carbocycles. The number of fused-ring (bicyclic) bond motifs is 1. The number of hydrogen-bond acceptors (Lipinski definition) is 4. The minimum absolute atomic E-state index is 0.0811. The van der Waals surface area contributed by atoms with Crippen molar-refractivity contribution in [2.24, 2.45) is 0 Å². The summed E-state index contributed by atoms with van der Waals surface area (Å²) in [6.45, 7) is 2.00. The number of nitrogens with one attached hydrogen (secondary N) is 1. The predicted octanol–water partition coefficient (Wildman–Crippen LogP) is 2.05. The second kappa shape index (κ2) is 5.09. The molecule has 0 radical (unpaired) electrons. The Kier molecular flexibility index (Phi) is 3.28. The average Bonchev–Trinajstić information content (AvgIpc) is 2.84. The van der Waals surface area contributed by atoms with Gasteiger partial charge in [0, 0.05) is 18.0 Å². The van der Waals surface area contributed by atoms with Gasteiger partial charge in [0.05, 0.1) is 0 Å². The molecule has 0 bridgehead atoms. The second-order valence-electron chi connectivity index (χ2n) is 5.27. The third kappa shape index (κ3) is 2.44. The Morgan fingerprint density at radius 3 is 2.95 bits per heavy atom. The van der Waals surface area contributed by atoms with Crippen LogP contribution in [0.25, 0.3) is 10.8 Å². The number of carboxylic acid groups (broad SMARTS) is 1. The average molecular weight is 271 g/mol. The number of nitrogens with zero attached hydrogens (tertiary/aromatic N) is 2. The fraction of sp³-hybridized carbons (Fsp3) is 0.333. The third-order valence-electron chi connectivity index (χ3n) is 3.69. The number of carbonyl (C=O) groups is 1. The lowest BCUT2D eigenvalue weighted by Gasteiger charge is -2.15. The van der Waals surface area contributed by atoms with Crippen molar-refractivity contribution in [1.82, 2.24) is 9.88 Å². The Labute approximate surface area is 117 Å². The first-order valence-electron chi connectivity index (χ1n) is 6.71. The zero-order valence-electron chi connectivity index (χ0n) is 11.3. The van der Waals surface area contributed by atoms with Gasteiger partial charge in [0.25, 0.3) is 0 Å². The van der Waals surface area contributed by atoms with E-state index in [0.717, 1.165) is 30.3 Å². The number of hydrogen-bond donors (Lipinski definition) is 2. The molecule has 2 N–H and O–H groups in total. The molecule has 0 amide bonds. The molecule has 1 aromatic heterocycles. The first-order valence-corrected chi connectivity index (χ1v) is 6.71. The van der Waals surface area contributed by atoms with Gasteiger partial charge in [0.15, 0.2) is 5.69 Å². The molecule has 0 saturated carbocycles. The highest BCUT2D eigenvalue weighted by molar-refractivity contribution is 5.97. The monoisotopic (exact) mass is 271 g/mol. The lowest BCUT2D eigenvalue weighted by Crippen LogP contribution is -2.24. The van der Waals surface area contributed by atoms with E-state index in [0.29, 0.717) is 11.9 Å². The van der Waals surface area contributed by atoms with Crippen LogP contribution in [-0.4, -0.2) is 47.1 Å². The molecule has 3 rings (SSSR count). The van der Waals surface area contributed by atoms with E-state index in [-0.39, 0.29) is 5.69 Å². The molecule has 2 aromatic rings. The van der Waals surface area contributed by atoms with Crippen molar-refractivity contribution in [2.45, 2.75) is 12.5 Å². The summed E-state index contributed by atoms with van der Waals surface area (Å²) in [6, 6.07) is 9.66. The molecular weight excluding hydrogens is 254 g/mol. The number of pyridine rings is 1. The van der Waals surface area contributed by atoms with Gasteiger partial charge in [0.2, 0.25) is 0 Å². The van der Waals surface area contributed by atoms with Gasteiger partial charge in [-0.3, -0.25) is 0 Å². The number of likely N-dealkylation sites (N-methyl/N-ethyl adjacent to an activating group) is 1. The molecule has 1 aliphatic heterocycles. The molecule has 1 saturated heterocycles. The minimum atomic E-state index is -0.998. The van der Waals surface area contributed by atoms with Crippen molar-refractivity contribution in [3.8, 4) is 0 Å². The van der Waals surface area contributed by atoms with E-state index >= 15 is 0 Å². The van der Waals surface area contributed by atoms with Crippen LogP contribution in [0.15, 0.2) is 30.3 Å². The topological polar surface area (TPSA) is 65.5 Å². The third-order valence-corrected chi connectivity index (χ3v) is 3.69. The molecule has 5 nitrogen and oxygen atoms in total. The Morgan fingerprint density at radius 1 is 1.45 bits per heavy atom. The fourth-order valence-electron chi connectivity index (χ4n) is 2.66. The first-order chi connectivity index (χ1) is 9.63. The Balaban J connectivity index is 2.01. The maximum Gasteiger partial charge on any atom is 0.354 e. The summed E-state index contributed by atoms with van der Waals surface area (Å²) >= 11 is 0.